The summed E-state index contributed by atoms with van der Waals surface area (Å²) in [4.78, 5) is 11.3. The molecule has 0 spiro atoms. The van der Waals surface area contributed by atoms with Gasteiger partial charge in [-0.3, -0.25) is 4.79 Å². The maximum atomic E-state index is 11.3. The molecule has 0 aliphatic carbocycles. The first kappa shape index (κ1) is 25.3. The van der Waals surface area contributed by atoms with E-state index >= 15 is 0 Å². The topological polar surface area (TPSA) is 89.8 Å². The summed E-state index contributed by atoms with van der Waals surface area (Å²) in [5, 5.41) is 30.8. The van der Waals surface area contributed by atoms with Gasteiger partial charge in [-0.05, 0) is 32.1 Å². The molecule has 1 amide bonds. The molecule has 0 aliphatic rings. The third-order valence-electron chi connectivity index (χ3n) is 3.86. The van der Waals surface area contributed by atoms with Crippen LogP contribution in [-0.4, -0.2) is 46.6 Å². The smallest absolute Gasteiger partial charge is 0.220 e. The molecule has 0 heterocycles. The fourth-order valence-electron chi connectivity index (χ4n) is 2.31. The highest BCUT2D eigenvalue weighted by Crippen LogP contribution is 2.03. The van der Waals surface area contributed by atoms with Crippen LogP contribution in [0.5, 0.6) is 0 Å². The van der Waals surface area contributed by atoms with E-state index in [-0.39, 0.29) is 19.1 Å². The van der Waals surface area contributed by atoms with Crippen LogP contribution >= 0.6 is 0 Å². The van der Waals surface area contributed by atoms with E-state index in [9.17, 15) is 15.0 Å². The van der Waals surface area contributed by atoms with E-state index in [4.69, 9.17) is 5.11 Å². The summed E-state index contributed by atoms with van der Waals surface area (Å²) in [5.74, 6) is -0.111. The number of hydrogen-bond donors (Lipinski definition) is 4. The normalized spacial score (nSPS) is 14.7. The van der Waals surface area contributed by atoms with Crippen molar-refractivity contribution in [2.75, 3.05) is 13.2 Å². The van der Waals surface area contributed by atoms with E-state index in [2.05, 4.69) is 18.3 Å². The Balaban J connectivity index is 3.82. The van der Waals surface area contributed by atoms with Crippen molar-refractivity contribution in [1.82, 2.24) is 5.32 Å². The second-order valence-corrected chi connectivity index (χ2v) is 6.46. The van der Waals surface area contributed by atoms with Crippen LogP contribution in [0.15, 0.2) is 48.6 Å². The summed E-state index contributed by atoms with van der Waals surface area (Å²) in [6, 6.07) is 0. The molecule has 0 saturated heterocycles. The van der Waals surface area contributed by atoms with Gasteiger partial charge in [0.1, 0.15) is 0 Å². The third kappa shape index (κ3) is 18.9. The molecular weight excluding hydrogens is 342 g/mol. The number of allylic oxidation sites excluding steroid dienone is 5. The van der Waals surface area contributed by atoms with E-state index < -0.39 is 12.2 Å². The van der Waals surface area contributed by atoms with Gasteiger partial charge in [-0.25, -0.2) is 0 Å². The van der Waals surface area contributed by atoms with Crippen molar-refractivity contribution in [2.45, 2.75) is 70.5 Å². The predicted molar refractivity (Wildman–Crippen MR) is 111 cm³/mol. The number of hydrogen-bond acceptors (Lipinski definition) is 4. The number of unbranched alkanes of at least 4 members (excludes halogenated alkanes) is 3. The van der Waals surface area contributed by atoms with Crippen LogP contribution in [0.25, 0.3) is 0 Å². The number of aliphatic hydroxyl groups excluding tert-OH is 3. The molecular formula is C22H37NO4. The first-order chi connectivity index (χ1) is 13.1. The summed E-state index contributed by atoms with van der Waals surface area (Å²) in [7, 11) is 0. The zero-order valence-electron chi connectivity index (χ0n) is 16.6. The lowest BCUT2D eigenvalue weighted by Crippen LogP contribution is -2.26. The Hall–Kier alpha value is -1.69. The van der Waals surface area contributed by atoms with Crippen molar-refractivity contribution < 1.29 is 20.1 Å². The molecule has 0 radical (unpaired) electrons. The predicted octanol–water partition coefficient (Wildman–Crippen LogP) is 3.18. The van der Waals surface area contributed by atoms with Crippen LogP contribution in [0, 0.1) is 0 Å². The minimum absolute atomic E-state index is 0.0648. The first-order valence-electron chi connectivity index (χ1n) is 10.0. The molecule has 4 N–H and O–H groups in total. The van der Waals surface area contributed by atoms with Gasteiger partial charge in [0.15, 0.2) is 0 Å². The summed E-state index contributed by atoms with van der Waals surface area (Å²) >= 11 is 0. The van der Waals surface area contributed by atoms with Crippen LogP contribution in [0.3, 0.4) is 0 Å². The van der Waals surface area contributed by atoms with E-state index in [1.807, 2.05) is 6.08 Å². The van der Waals surface area contributed by atoms with Gasteiger partial charge in [-0.1, -0.05) is 68.4 Å². The number of amides is 1. The molecule has 0 aromatic heterocycles. The van der Waals surface area contributed by atoms with Crippen molar-refractivity contribution in [3.8, 4) is 0 Å². The average molecular weight is 380 g/mol. The van der Waals surface area contributed by atoms with Gasteiger partial charge in [0, 0.05) is 13.0 Å². The molecule has 0 fully saturated rings. The van der Waals surface area contributed by atoms with Gasteiger partial charge in [0.2, 0.25) is 5.91 Å². The molecule has 0 bridgehead atoms. The largest absolute Gasteiger partial charge is 0.395 e. The summed E-state index contributed by atoms with van der Waals surface area (Å²) in [6.45, 7) is 2.39. The molecule has 5 nitrogen and oxygen atoms in total. The Morgan fingerprint density at radius 2 is 1.67 bits per heavy atom. The zero-order chi connectivity index (χ0) is 20.2. The monoisotopic (exact) mass is 379 g/mol. The lowest BCUT2D eigenvalue weighted by molar-refractivity contribution is -0.121. The van der Waals surface area contributed by atoms with E-state index in [0.717, 1.165) is 6.42 Å². The number of rotatable bonds is 16. The summed E-state index contributed by atoms with van der Waals surface area (Å²) in [5.41, 5.74) is 0. The Labute approximate surface area is 164 Å². The number of carbonyl (C=O) groups is 1. The summed E-state index contributed by atoms with van der Waals surface area (Å²) < 4.78 is 0. The maximum Gasteiger partial charge on any atom is 0.220 e. The Bertz CT molecular complexity index is 469. The highest BCUT2D eigenvalue weighted by molar-refractivity contribution is 5.75. The van der Waals surface area contributed by atoms with Crippen molar-refractivity contribution in [3.05, 3.63) is 48.6 Å². The van der Waals surface area contributed by atoms with Crippen molar-refractivity contribution >= 4 is 5.91 Å². The molecule has 0 saturated carbocycles. The molecule has 0 aromatic carbocycles. The highest BCUT2D eigenvalue weighted by Gasteiger charge is 2.03. The third-order valence-corrected chi connectivity index (χ3v) is 3.86. The molecule has 0 rings (SSSR count). The zero-order valence-corrected chi connectivity index (χ0v) is 16.6. The minimum atomic E-state index is -0.590. The Morgan fingerprint density at radius 3 is 2.33 bits per heavy atom. The number of nitrogens with one attached hydrogen (secondary N) is 1. The molecule has 154 valence electrons. The van der Waals surface area contributed by atoms with Crippen LogP contribution in [0.4, 0.5) is 0 Å². The van der Waals surface area contributed by atoms with Gasteiger partial charge in [-0.15, -0.1) is 0 Å². The van der Waals surface area contributed by atoms with Crippen molar-refractivity contribution in [2.24, 2.45) is 0 Å². The van der Waals surface area contributed by atoms with Gasteiger partial charge in [0.25, 0.3) is 0 Å². The minimum Gasteiger partial charge on any atom is -0.395 e. The lowest BCUT2D eigenvalue weighted by Gasteiger charge is -2.05. The van der Waals surface area contributed by atoms with Gasteiger partial charge < -0.3 is 20.6 Å². The maximum absolute atomic E-state index is 11.3. The standard InChI is InChI=1S/C22H37NO4/c1-2-3-4-5-6-9-13-20(25)14-10-7-8-11-15-21(26)16-12-17-22(27)23-18-19-24/h6-11,14-15,20-21,24-26H,2-5,12-13,16-19H2,1H3,(H,23,27)/b8-7-,9-6-,14-10+,15-11+/t20-,21-/m1/s1. The molecule has 27 heavy (non-hydrogen) atoms. The first-order valence-corrected chi connectivity index (χ1v) is 10.0. The molecule has 0 aromatic rings. The van der Waals surface area contributed by atoms with Crippen LogP contribution in [-0.2, 0) is 4.79 Å². The molecule has 0 aliphatic heterocycles. The van der Waals surface area contributed by atoms with E-state index in [0.29, 0.717) is 25.7 Å². The van der Waals surface area contributed by atoms with Gasteiger partial charge in [-0.2, -0.15) is 0 Å². The quantitative estimate of drug-likeness (QED) is 0.188. The number of carbonyl (C=O) groups excluding carboxylic acids is 1. The Kier molecular flexibility index (Phi) is 17.9. The molecule has 5 heteroatoms. The highest BCUT2D eigenvalue weighted by atomic mass is 16.3. The van der Waals surface area contributed by atoms with E-state index in [1.54, 1.807) is 36.5 Å². The second-order valence-electron chi connectivity index (χ2n) is 6.46. The fourth-order valence-corrected chi connectivity index (χ4v) is 2.31. The molecule has 0 unspecified atom stereocenters. The van der Waals surface area contributed by atoms with Gasteiger partial charge >= 0.3 is 0 Å². The van der Waals surface area contributed by atoms with Crippen molar-refractivity contribution in [1.29, 1.82) is 0 Å². The average Bonchev–Trinajstić information content (AvgIpc) is 2.65. The van der Waals surface area contributed by atoms with Gasteiger partial charge in [0.05, 0.1) is 18.8 Å². The van der Waals surface area contributed by atoms with Crippen molar-refractivity contribution in [3.63, 3.8) is 0 Å². The second kappa shape index (κ2) is 19.1. The number of aliphatic hydroxyl groups is 3. The molecule has 2 atom stereocenters. The lowest BCUT2D eigenvalue weighted by atomic mass is 10.1. The SMILES string of the molecule is CCCCC/C=C\C[C@@H](O)/C=C/C=C\C=C\[C@@H](O)CCCC(=O)NCCO. The van der Waals surface area contributed by atoms with Crippen LogP contribution < -0.4 is 5.32 Å². The van der Waals surface area contributed by atoms with E-state index in [1.165, 1.54) is 19.3 Å². The van der Waals surface area contributed by atoms with Crippen LogP contribution in [0.1, 0.15) is 58.3 Å². The van der Waals surface area contributed by atoms with Crippen LogP contribution in [0.2, 0.25) is 0 Å². The summed E-state index contributed by atoms with van der Waals surface area (Å²) in [6.07, 6.45) is 20.4. The Morgan fingerprint density at radius 1 is 0.963 bits per heavy atom. The fraction of sp³-hybridized carbons (Fsp3) is 0.591.